The van der Waals surface area contributed by atoms with Crippen LogP contribution in [0.25, 0.3) is 0 Å². The van der Waals surface area contributed by atoms with Gasteiger partial charge in [-0.2, -0.15) is 0 Å². The van der Waals surface area contributed by atoms with Crippen LogP contribution in [0.5, 0.6) is 0 Å². The molecule has 0 aliphatic heterocycles. The van der Waals surface area contributed by atoms with Gasteiger partial charge < -0.3 is 5.32 Å². The fourth-order valence-electron chi connectivity index (χ4n) is 2.31. The molecule has 3 rings (SSSR count). The summed E-state index contributed by atoms with van der Waals surface area (Å²) in [6.07, 6.45) is 0.955. The predicted octanol–water partition coefficient (Wildman–Crippen LogP) is 5.56. The van der Waals surface area contributed by atoms with Crippen molar-refractivity contribution in [3.05, 3.63) is 66.0 Å². The predicted molar refractivity (Wildman–Crippen MR) is 104 cm³/mol. The largest absolute Gasteiger partial charge is 0.325 e. The Labute approximate surface area is 159 Å². The molecule has 1 atom stereocenters. The monoisotopic (exact) mass is 388 g/mol. The average Bonchev–Trinajstić information content (AvgIpc) is 3.07. The van der Waals surface area contributed by atoms with Gasteiger partial charge in [0, 0.05) is 10.9 Å². The molecule has 134 valence electrons. The second-order valence-electron chi connectivity index (χ2n) is 5.39. The van der Waals surface area contributed by atoms with Gasteiger partial charge in [-0.15, -0.1) is 10.2 Å². The smallest absolute Gasteiger partial charge is 0.308 e. The second kappa shape index (κ2) is 8.77. The number of nitrogens with zero attached hydrogens (tertiary/aromatic N) is 2. The molecule has 0 saturated heterocycles. The molecule has 0 saturated carbocycles. The third-order valence-electron chi connectivity index (χ3n) is 3.49. The maximum absolute atomic E-state index is 13.1. The normalized spacial score (nSPS) is 11.8. The topological polar surface area (TPSA) is 66.9 Å². The van der Waals surface area contributed by atoms with Crippen LogP contribution >= 0.6 is 23.1 Å². The molecule has 0 aliphatic carbocycles. The van der Waals surface area contributed by atoms with Crippen LogP contribution in [0.2, 0.25) is 0 Å². The van der Waals surface area contributed by atoms with E-state index < -0.39 is 11.8 Å². The average molecular weight is 388 g/mol. The highest BCUT2D eigenvalue weighted by atomic mass is 32.2. The summed E-state index contributed by atoms with van der Waals surface area (Å²) >= 11 is 2.93. The second-order valence-corrected chi connectivity index (χ2v) is 7.82. The van der Waals surface area contributed by atoms with Crippen molar-refractivity contribution in [3.63, 3.8) is 0 Å². The lowest BCUT2D eigenvalue weighted by Crippen LogP contribution is -2.19. The lowest BCUT2D eigenvalue weighted by Gasteiger charge is -2.12. The molecule has 5 nitrogen and oxygen atoms in total. The van der Waals surface area contributed by atoms with E-state index in [1.54, 1.807) is 17.8 Å². The Morgan fingerprint density at radius 3 is 2.69 bits per heavy atom. The Hall–Kier alpha value is -2.45. The Balaban J connectivity index is 1.59. The van der Waals surface area contributed by atoms with Gasteiger partial charge in [-0.05, 0) is 30.2 Å². The molecule has 2 N–H and O–H groups in total. The fraction of sp³-hybridized carbons (Fsp3) is 0.167. The summed E-state index contributed by atoms with van der Waals surface area (Å²) in [7, 11) is 0. The van der Waals surface area contributed by atoms with Crippen LogP contribution < -0.4 is 10.6 Å². The molecule has 3 aromatic rings. The standard InChI is InChI=1S/C18H17FN4OS2/c1-2-15(12-7-4-3-5-8-12)25-18-23-22-17(26-18)21-16(24)20-14-10-6-9-13(19)11-14/h3-11,15H,2H2,1H3,(H2,20,21,22,24). The van der Waals surface area contributed by atoms with E-state index in [-0.39, 0.29) is 5.25 Å². The quantitative estimate of drug-likeness (QED) is 0.428. The van der Waals surface area contributed by atoms with E-state index >= 15 is 0 Å². The summed E-state index contributed by atoms with van der Waals surface area (Å²) in [5.74, 6) is -0.413. The minimum Gasteiger partial charge on any atom is -0.308 e. The molecular weight excluding hydrogens is 371 g/mol. The van der Waals surface area contributed by atoms with Crippen molar-refractivity contribution >= 4 is 39.9 Å². The number of rotatable bonds is 6. The summed E-state index contributed by atoms with van der Waals surface area (Å²) in [4.78, 5) is 12.0. The van der Waals surface area contributed by atoms with Crippen molar-refractivity contribution in [2.75, 3.05) is 10.6 Å². The van der Waals surface area contributed by atoms with Crippen LogP contribution in [0.4, 0.5) is 20.0 Å². The van der Waals surface area contributed by atoms with Crippen LogP contribution in [0, 0.1) is 5.82 Å². The van der Waals surface area contributed by atoms with Crippen molar-refractivity contribution in [3.8, 4) is 0 Å². The van der Waals surface area contributed by atoms with Crippen molar-refractivity contribution in [1.82, 2.24) is 10.2 Å². The molecule has 1 aromatic heterocycles. The van der Waals surface area contributed by atoms with E-state index in [2.05, 4.69) is 39.9 Å². The van der Waals surface area contributed by atoms with Gasteiger partial charge in [0.25, 0.3) is 0 Å². The third kappa shape index (κ3) is 5.03. The van der Waals surface area contributed by atoms with Crippen LogP contribution in [-0.2, 0) is 0 Å². The highest BCUT2D eigenvalue weighted by molar-refractivity contribution is 8.01. The lowest BCUT2D eigenvalue weighted by atomic mass is 10.1. The summed E-state index contributed by atoms with van der Waals surface area (Å²) < 4.78 is 13.9. The molecule has 2 aromatic carbocycles. The number of halogens is 1. The summed E-state index contributed by atoms with van der Waals surface area (Å²) in [6.45, 7) is 2.12. The molecule has 0 spiro atoms. The highest BCUT2D eigenvalue weighted by Gasteiger charge is 2.15. The Morgan fingerprint density at radius 1 is 1.15 bits per heavy atom. The van der Waals surface area contributed by atoms with Crippen molar-refractivity contribution in [2.24, 2.45) is 0 Å². The van der Waals surface area contributed by atoms with Gasteiger partial charge in [-0.3, -0.25) is 5.32 Å². The SMILES string of the molecule is CCC(Sc1nnc(NC(=O)Nc2cccc(F)c2)s1)c1ccccc1. The van der Waals surface area contributed by atoms with E-state index in [9.17, 15) is 9.18 Å². The zero-order chi connectivity index (χ0) is 18.4. The van der Waals surface area contributed by atoms with Gasteiger partial charge in [-0.25, -0.2) is 9.18 Å². The first-order valence-corrected chi connectivity index (χ1v) is 9.72. The van der Waals surface area contributed by atoms with Gasteiger partial charge in [-0.1, -0.05) is 66.4 Å². The molecule has 0 radical (unpaired) electrons. The zero-order valence-electron chi connectivity index (χ0n) is 14.0. The number of nitrogens with one attached hydrogen (secondary N) is 2. The number of hydrogen-bond donors (Lipinski definition) is 2. The molecule has 1 heterocycles. The first-order valence-electron chi connectivity index (χ1n) is 8.02. The molecule has 0 aliphatic rings. The molecule has 0 bridgehead atoms. The first kappa shape index (κ1) is 18.3. The summed E-state index contributed by atoms with van der Waals surface area (Å²) in [6, 6.07) is 15.4. The number of thioether (sulfide) groups is 1. The van der Waals surface area contributed by atoms with Gasteiger partial charge in [0.05, 0.1) is 0 Å². The number of anilines is 2. The highest BCUT2D eigenvalue weighted by Crippen LogP contribution is 2.39. The number of carbonyl (C=O) groups is 1. The molecule has 26 heavy (non-hydrogen) atoms. The first-order chi connectivity index (χ1) is 12.6. The van der Waals surface area contributed by atoms with Crippen molar-refractivity contribution < 1.29 is 9.18 Å². The molecular formula is C18H17FN4OS2. The number of urea groups is 1. The number of hydrogen-bond acceptors (Lipinski definition) is 5. The van der Waals surface area contributed by atoms with Gasteiger partial charge >= 0.3 is 6.03 Å². The van der Waals surface area contributed by atoms with Crippen molar-refractivity contribution in [2.45, 2.75) is 22.9 Å². The van der Waals surface area contributed by atoms with E-state index in [1.165, 1.54) is 35.1 Å². The number of carbonyl (C=O) groups excluding carboxylic acids is 1. The lowest BCUT2D eigenvalue weighted by molar-refractivity contribution is 0.262. The Bertz CT molecular complexity index is 872. The van der Waals surface area contributed by atoms with Crippen molar-refractivity contribution in [1.29, 1.82) is 0 Å². The third-order valence-corrected chi connectivity index (χ3v) is 5.84. The zero-order valence-corrected chi connectivity index (χ0v) is 15.6. The van der Waals surface area contributed by atoms with Crippen LogP contribution in [0.1, 0.15) is 24.2 Å². The van der Waals surface area contributed by atoms with E-state index in [0.717, 1.165) is 10.8 Å². The summed E-state index contributed by atoms with van der Waals surface area (Å²) in [5, 5.41) is 14.0. The Morgan fingerprint density at radius 2 is 1.96 bits per heavy atom. The van der Waals surface area contributed by atoms with Gasteiger partial charge in [0.1, 0.15) is 5.82 Å². The molecule has 2 amide bonds. The number of benzene rings is 2. The molecule has 1 unspecified atom stereocenters. The maximum Gasteiger partial charge on any atom is 0.325 e. The van der Waals surface area contributed by atoms with Crippen LogP contribution in [0.3, 0.4) is 0 Å². The van der Waals surface area contributed by atoms with E-state index in [4.69, 9.17) is 0 Å². The van der Waals surface area contributed by atoms with Gasteiger partial charge in [0.15, 0.2) is 4.34 Å². The molecule has 0 fully saturated rings. The summed E-state index contributed by atoms with van der Waals surface area (Å²) in [5.41, 5.74) is 1.60. The van der Waals surface area contributed by atoms with Gasteiger partial charge in [0.2, 0.25) is 5.13 Å². The number of aromatic nitrogens is 2. The Kier molecular flexibility index (Phi) is 6.19. The number of amides is 2. The minimum atomic E-state index is -0.488. The molecule has 8 heteroatoms. The van der Waals surface area contributed by atoms with E-state index in [0.29, 0.717) is 10.8 Å². The van der Waals surface area contributed by atoms with E-state index in [1.807, 2.05) is 18.2 Å². The van der Waals surface area contributed by atoms with Crippen LogP contribution in [0.15, 0.2) is 58.9 Å². The minimum absolute atomic E-state index is 0.276. The van der Waals surface area contributed by atoms with Crippen LogP contribution in [-0.4, -0.2) is 16.2 Å². The fourth-order valence-corrected chi connectivity index (χ4v) is 4.35. The maximum atomic E-state index is 13.1.